The molecule has 0 aliphatic carbocycles. The molecular formula is C25H21ClFN5O3. The molecule has 0 aliphatic heterocycles. The molecule has 0 saturated heterocycles. The van der Waals surface area contributed by atoms with Crippen molar-refractivity contribution >= 4 is 41.1 Å². The maximum atomic E-state index is 14.7. The van der Waals surface area contributed by atoms with Gasteiger partial charge in [0.1, 0.15) is 17.4 Å². The summed E-state index contributed by atoms with van der Waals surface area (Å²) in [7, 11) is 4.81. The highest BCUT2D eigenvalue weighted by Gasteiger charge is 2.22. The van der Waals surface area contributed by atoms with Gasteiger partial charge in [0.2, 0.25) is 0 Å². The molecule has 10 heteroatoms. The van der Waals surface area contributed by atoms with Crippen molar-refractivity contribution in [3.8, 4) is 18.1 Å². The van der Waals surface area contributed by atoms with Crippen LogP contribution in [-0.2, 0) is 0 Å². The molecule has 3 rings (SSSR count). The number of carbonyl (C=O) groups is 2. The van der Waals surface area contributed by atoms with Crippen LogP contribution in [-0.4, -0.2) is 49.2 Å². The first kappa shape index (κ1) is 25.2. The smallest absolute Gasteiger partial charge is 0.259 e. The standard InChI is InChI=1S/C25H21ClFN5O3/c1-5-15-10-19(25(34)30-22-9-7-17(26)14-28-22)23(21(12-15)35-4)31-24(33)18-8-6-16(11-20(18)27)13-29-32(2)3/h1,6-14H,2-4H3,(H,31,33)(H,28,30,34). The first-order chi connectivity index (χ1) is 16.7. The summed E-state index contributed by atoms with van der Waals surface area (Å²) < 4.78 is 20.1. The van der Waals surface area contributed by atoms with Crippen molar-refractivity contribution < 1.29 is 18.7 Å². The summed E-state index contributed by atoms with van der Waals surface area (Å²) in [5.74, 6) is 0.607. The number of anilines is 2. The van der Waals surface area contributed by atoms with Gasteiger partial charge in [-0.05, 0) is 42.0 Å². The SMILES string of the molecule is C#Cc1cc(OC)c(NC(=O)c2ccc(C=NN(C)C)cc2F)c(C(=O)Nc2ccc(Cl)cn2)c1. The molecule has 0 spiro atoms. The Bertz CT molecular complexity index is 1330. The number of nitrogens with zero attached hydrogens (tertiary/aromatic N) is 3. The molecule has 1 aromatic heterocycles. The average molecular weight is 494 g/mol. The second kappa shape index (κ2) is 11.1. The summed E-state index contributed by atoms with van der Waals surface area (Å²) in [6, 6.07) is 9.99. The van der Waals surface area contributed by atoms with E-state index in [9.17, 15) is 14.0 Å². The van der Waals surface area contributed by atoms with Crippen LogP contribution in [0.4, 0.5) is 15.9 Å². The van der Waals surface area contributed by atoms with Gasteiger partial charge in [0.25, 0.3) is 11.8 Å². The number of ether oxygens (including phenoxy) is 1. The molecule has 3 aromatic rings. The van der Waals surface area contributed by atoms with E-state index in [1.807, 2.05) is 0 Å². The topological polar surface area (TPSA) is 95.9 Å². The van der Waals surface area contributed by atoms with E-state index in [-0.39, 0.29) is 28.4 Å². The lowest BCUT2D eigenvalue weighted by Gasteiger charge is -2.16. The minimum absolute atomic E-state index is 0.00227. The summed E-state index contributed by atoms with van der Waals surface area (Å²) in [6.07, 6.45) is 8.34. The molecule has 0 fully saturated rings. The predicted molar refractivity (Wildman–Crippen MR) is 134 cm³/mol. The van der Waals surface area contributed by atoms with Crippen LogP contribution >= 0.6 is 11.6 Å². The summed E-state index contributed by atoms with van der Waals surface area (Å²) in [6.45, 7) is 0. The summed E-state index contributed by atoms with van der Waals surface area (Å²) >= 11 is 5.84. The third-order valence-corrected chi connectivity index (χ3v) is 4.84. The van der Waals surface area contributed by atoms with Gasteiger partial charge >= 0.3 is 0 Å². The number of methoxy groups -OCH3 is 1. The monoisotopic (exact) mass is 493 g/mol. The van der Waals surface area contributed by atoms with E-state index in [0.717, 1.165) is 0 Å². The highest BCUT2D eigenvalue weighted by atomic mass is 35.5. The van der Waals surface area contributed by atoms with Gasteiger partial charge in [-0.2, -0.15) is 5.10 Å². The van der Waals surface area contributed by atoms with E-state index >= 15 is 0 Å². The molecular weight excluding hydrogens is 473 g/mol. The molecule has 178 valence electrons. The number of carbonyl (C=O) groups excluding carboxylic acids is 2. The van der Waals surface area contributed by atoms with Crippen LogP contribution in [0.1, 0.15) is 31.8 Å². The molecule has 0 atom stereocenters. The predicted octanol–water partition coefficient (Wildman–Crippen LogP) is 4.26. The Labute approximate surface area is 206 Å². The van der Waals surface area contributed by atoms with Crippen LogP contribution < -0.4 is 15.4 Å². The Hall–Kier alpha value is -4.42. The van der Waals surface area contributed by atoms with E-state index < -0.39 is 17.6 Å². The molecule has 2 amide bonds. The Balaban J connectivity index is 1.96. The van der Waals surface area contributed by atoms with Crippen LogP contribution in [0.25, 0.3) is 0 Å². The zero-order valence-corrected chi connectivity index (χ0v) is 19.9. The fourth-order valence-electron chi connectivity index (χ4n) is 2.96. The van der Waals surface area contributed by atoms with E-state index in [2.05, 4.69) is 26.6 Å². The van der Waals surface area contributed by atoms with Gasteiger partial charge in [-0.15, -0.1) is 6.42 Å². The van der Waals surface area contributed by atoms with Crippen LogP contribution in [0, 0.1) is 18.2 Å². The molecule has 35 heavy (non-hydrogen) atoms. The highest BCUT2D eigenvalue weighted by Crippen LogP contribution is 2.32. The molecule has 2 aromatic carbocycles. The number of halogens is 2. The Morgan fingerprint density at radius 3 is 2.49 bits per heavy atom. The van der Waals surface area contributed by atoms with E-state index in [4.69, 9.17) is 22.8 Å². The molecule has 0 radical (unpaired) electrons. The first-order valence-corrected chi connectivity index (χ1v) is 10.5. The summed E-state index contributed by atoms with van der Waals surface area (Å²) in [4.78, 5) is 30.0. The minimum Gasteiger partial charge on any atom is -0.495 e. The maximum absolute atomic E-state index is 14.7. The van der Waals surface area contributed by atoms with E-state index in [1.54, 1.807) is 31.2 Å². The Morgan fingerprint density at radius 2 is 1.89 bits per heavy atom. The highest BCUT2D eigenvalue weighted by molar-refractivity contribution is 6.30. The maximum Gasteiger partial charge on any atom is 0.259 e. The third-order valence-electron chi connectivity index (χ3n) is 4.62. The van der Waals surface area contributed by atoms with Crippen molar-refractivity contribution in [2.24, 2.45) is 5.10 Å². The molecule has 0 aliphatic rings. The number of hydrazone groups is 1. The largest absolute Gasteiger partial charge is 0.495 e. The average Bonchev–Trinajstić information content (AvgIpc) is 2.84. The van der Waals surface area contributed by atoms with Gasteiger partial charge in [0.05, 0.1) is 35.2 Å². The lowest BCUT2D eigenvalue weighted by molar-refractivity contribution is 0.102. The lowest BCUT2D eigenvalue weighted by atomic mass is 10.1. The number of nitrogens with one attached hydrogen (secondary N) is 2. The first-order valence-electron chi connectivity index (χ1n) is 10.2. The van der Waals surface area contributed by atoms with Crippen LogP contribution in [0.2, 0.25) is 5.02 Å². The summed E-state index contributed by atoms with van der Waals surface area (Å²) in [5.41, 5.74) is 0.586. The third kappa shape index (κ3) is 6.34. The van der Waals surface area contributed by atoms with Crippen LogP contribution in [0.3, 0.4) is 0 Å². The number of benzene rings is 2. The molecule has 0 bridgehead atoms. The van der Waals surface area contributed by atoms with Crippen molar-refractivity contribution in [2.45, 2.75) is 0 Å². The van der Waals surface area contributed by atoms with Gasteiger partial charge in [-0.1, -0.05) is 23.6 Å². The Morgan fingerprint density at radius 1 is 1.14 bits per heavy atom. The van der Waals surface area contributed by atoms with Gasteiger partial charge in [0, 0.05) is 25.9 Å². The van der Waals surface area contributed by atoms with Crippen molar-refractivity contribution in [1.82, 2.24) is 9.99 Å². The second-order valence-electron chi connectivity index (χ2n) is 7.35. The number of hydrogen-bond acceptors (Lipinski definition) is 6. The molecule has 0 unspecified atom stereocenters. The van der Waals surface area contributed by atoms with Gasteiger partial charge in [0.15, 0.2) is 0 Å². The quantitative estimate of drug-likeness (QED) is 0.291. The Kier molecular flexibility index (Phi) is 8.02. The summed E-state index contributed by atoms with van der Waals surface area (Å²) in [5, 5.41) is 11.2. The number of amides is 2. The molecule has 2 N–H and O–H groups in total. The zero-order chi connectivity index (χ0) is 25.5. The fraction of sp³-hybridized carbons (Fsp3) is 0.120. The fourth-order valence-corrected chi connectivity index (χ4v) is 3.07. The van der Waals surface area contributed by atoms with Gasteiger partial charge < -0.3 is 20.4 Å². The van der Waals surface area contributed by atoms with Crippen molar-refractivity contribution in [2.75, 3.05) is 31.8 Å². The molecule has 1 heterocycles. The van der Waals surface area contributed by atoms with Gasteiger partial charge in [-0.3, -0.25) is 9.59 Å². The minimum atomic E-state index is -0.788. The number of aromatic nitrogens is 1. The van der Waals surface area contributed by atoms with E-state index in [0.29, 0.717) is 16.1 Å². The van der Waals surface area contributed by atoms with Crippen molar-refractivity contribution in [3.63, 3.8) is 0 Å². The van der Waals surface area contributed by atoms with Gasteiger partial charge in [-0.25, -0.2) is 9.37 Å². The number of pyridine rings is 1. The number of rotatable bonds is 7. The number of terminal acetylenes is 1. The second-order valence-corrected chi connectivity index (χ2v) is 7.78. The van der Waals surface area contributed by atoms with E-state index in [1.165, 1.54) is 49.9 Å². The normalized spacial score (nSPS) is 10.5. The number of hydrogen-bond donors (Lipinski definition) is 2. The molecule has 8 nitrogen and oxygen atoms in total. The van der Waals surface area contributed by atoms with Crippen LogP contribution in [0.15, 0.2) is 53.8 Å². The van der Waals surface area contributed by atoms with Crippen LogP contribution in [0.5, 0.6) is 5.75 Å². The molecule has 0 saturated carbocycles. The van der Waals surface area contributed by atoms with Crippen molar-refractivity contribution in [1.29, 1.82) is 0 Å². The van der Waals surface area contributed by atoms with Crippen molar-refractivity contribution in [3.05, 3.63) is 81.8 Å². The zero-order valence-electron chi connectivity index (χ0n) is 19.1. The lowest BCUT2D eigenvalue weighted by Crippen LogP contribution is -2.20.